The van der Waals surface area contributed by atoms with Crippen LogP contribution in [0.3, 0.4) is 0 Å². The Hall–Kier alpha value is -2.66. The summed E-state index contributed by atoms with van der Waals surface area (Å²) in [6.45, 7) is 0.227. The number of hydrogen-bond donors (Lipinski definition) is 2. The van der Waals surface area contributed by atoms with E-state index in [1.54, 1.807) is 0 Å². The lowest BCUT2D eigenvalue weighted by atomic mass is 9.93. The van der Waals surface area contributed by atoms with Crippen LogP contribution in [0, 0.1) is 0 Å². The van der Waals surface area contributed by atoms with Crippen LogP contribution in [0.15, 0.2) is 53.1 Å². The summed E-state index contributed by atoms with van der Waals surface area (Å²) in [5, 5.41) is 13.9. The van der Waals surface area contributed by atoms with E-state index < -0.39 is 0 Å². The van der Waals surface area contributed by atoms with Crippen molar-refractivity contribution in [1.82, 2.24) is 4.98 Å². The molecule has 118 valence electrons. The lowest BCUT2D eigenvalue weighted by Gasteiger charge is -2.12. The molecule has 1 aromatic heterocycles. The van der Waals surface area contributed by atoms with E-state index in [9.17, 15) is 5.11 Å². The van der Waals surface area contributed by atoms with Crippen molar-refractivity contribution in [2.45, 2.75) is 0 Å². The summed E-state index contributed by atoms with van der Waals surface area (Å²) in [7, 11) is 0. The Kier molecular flexibility index (Phi) is 2.82. The fraction of sp³-hybridized carbons (Fsp3) is 0.0526. The van der Waals surface area contributed by atoms with Crippen LogP contribution in [0.4, 0.5) is 0 Å². The predicted octanol–water partition coefficient (Wildman–Crippen LogP) is 5.18. The minimum atomic E-state index is 0.169. The van der Waals surface area contributed by atoms with Crippen molar-refractivity contribution in [1.29, 1.82) is 0 Å². The second-order valence-corrected chi connectivity index (χ2v) is 6.67. The molecule has 0 aliphatic carbocycles. The van der Waals surface area contributed by atoms with Crippen LogP contribution in [0.1, 0.15) is 0 Å². The first-order valence-corrected chi connectivity index (χ1v) is 8.33. The third kappa shape index (κ3) is 1.85. The van der Waals surface area contributed by atoms with Gasteiger partial charge in [0.25, 0.3) is 0 Å². The van der Waals surface area contributed by atoms with Crippen LogP contribution >= 0.6 is 15.9 Å². The molecule has 0 radical (unpaired) electrons. The van der Waals surface area contributed by atoms with Crippen LogP contribution in [-0.4, -0.2) is 16.9 Å². The summed E-state index contributed by atoms with van der Waals surface area (Å²) >= 11 is 3.48. The molecule has 3 aromatic carbocycles. The first-order valence-electron chi connectivity index (χ1n) is 7.53. The lowest BCUT2D eigenvalue weighted by molar-refractivity contribution is 0.175. The molecular formula is C19H12BrNO3. The smallest absolute Gasteiger partial charge is 0.231 e. The molecule has 5 rings (SSSR count). The molecule has 1 aliphatic heterocycles. The number of ether oxygens (including phenoxy) is 2. The molecule has 4 nitrogen and oxygen atoms in total. The Balaban J connectivity index is 1.99. The first kappa shape index (κ1) is 13.7. The molecular weight excluding hydrogens is 370 g/mol. The highest BCUT2D eigenvalue weighted by Crippen LogP contribution is 2.47. The van der Waals surface area contributed by atoms with Gasteiger partial charge in [-0.2, -0.15) is 0 Å². The average Bonchev–Trinajstić information content (AvgIpc) is 3.21. The zero-order chi connectivity index (χ0) is 16.3. The highest BCUT2D eigenvalue weighted by molar-refractivity contribution is 9.10. The molecule has 2 N–H and O–H groups in total. The maximum atomic E-state index is 10.2. The summed E-state index contributed by atoms with van der Waals surface area (Å²) in [5.74, 6) is 1.68. The molecule has 0 fully saturated rings. The van der Waals surface area contributed by atoms with Gasteiger partial charge in [-0.25, -0.2) is 0 Å². The largest absolute Gasteiger partial charge is 0.494 e. The summed E-state index contributed by atoms with van der Waals surface area (Å²) in [6.07, 6.45) is 1.83. The number of hydrogen-bond acceptors (Lipinski definition) is 3. The molecule has 5 heteroatoms. The van der Waals surface area contributed by atoms with Crippen molar-refractivity contribution in [3.05, 3.63) is 53.1 Å². The maximum absolute atomic E-state index is 10.2. The van der Waals surface area contributed by atoms with Crippen molar-refractivity contribution in [2.24, 2.45) is 0 Å². The number of aromatic hydroxyl groups is 1. The first-order chi connectivity index (χ1) is 11.7. The summed E-state index contributed by atoms with van der Waals surface area (Å²) in [4.78, 5) is 2.91. The van der Waals surface area contributed by atoms with Crippen LogP contribution in [0.2, 0.25) is 0 Å². The van der Waals surface area contributed by atoms with Gasteiger partial charge in [0.1, 0.15) is 0 Å². The molecule has 0 atom stereocenters. The second-order valence-electron chi connectivity index (χ2n) is 5.75. The number of H-pyrrole nitrogens is 1. The molecule has 24 heavy (non-hydrogen) atoms. The Morgan fingerprint density at radius 2 is 1.83 bits per heavy atom. The Morgan fingerprint density at radius 1 is 1.00 bits per heavy atom. The Morgan fingerprint density at radius 3 is 2.67 bits per heavy atom. The molecule has 0 saturated carbocycles. The van der Waals surface area contributed by atoms with Crippen molar-refractivity contribution in [3.63, 3.8) is 0 Å². The van der Waals surface area contributed by atoms with Crippen LogP contribution in [-0.2, 0) is 0 Å². The fourth-order valence-corrected chi connectivity index (χ4v) is 3.61. The van der Waals surface area contributed by atoms with Crippen LogP contribution < -0.4 is 9.47 Å². The minimum Gasteiger partial charge on any atom is -0.494 e. The van der Waals surface area contributed by atoms with Gasteiger partial charge >= 0.3 is 0 Å². The molecule has 0 bridgehead atoms. The number of fused-ring (bicyclic) bond motifs is 4. The van der Waals surface area contributed by atoms with E-state index in [0.29, 0.717) is 0 Å². The highest BCUT2D eigenvalue weighted by Gasteiger charge is 2.22. The fourth-order valence-electron chi connectivity index (χ4n) is 3.35. The highest BCUT2D eigenvalue weighted by atomic mass is 79.9. The van der Waals surface area contributed by atoms with E-state index in [-0.39, 0.29) is 12.7 Å². The zero-order valence-electron chi connectivity index (χ0n) is 12.5. The number of rotatable bonds is 1. The van der Waals surface area contributed by atoms with E-state index in [1.807, 2.05) is 36.5 Å². The monoisotopic (exact) mass is 381 g/mol. The average molecular weight is 382 g/mol. The number of aromatic amines is 1. The van der Waals surface area contributed by atoms with E-state index in [4.69, 9.17) is 9.47 Å². The zero-order valence-corrected chi connectivity index (χ0v) is 14.1. The standard InChI is InChI=1S/C19H12BrNO3/c20-12-4-1-10(2-5-12)16-14-8-21-19(22)13(14)7-11-3-6-15-18(17(11)16)24-9-23-15/h1-8,21-22H,9H2. The van der Waals surface area contributed by atoms with Gasteiger partial charge in [0.05, 0.1) is 0 Å². The van der Waals surface area contributed by atoms with Crippen molar-refractivity contribution < 1.29 is 14.6 Å². The van der Waals surface area contributed by atoms with E-state index in [2.05, 4.69) is 33.0 Å². The summed E-state index contributed by atoms with van der Waals surface area (Å²) in [5.41, 5.74) is 2.07. The van der Waals surface area contributed by atoms with Crippen LogP contribution in [0.25, 0.3) is 32.7 Å². The van der Waals surface area contributed by atoms with E-state index in [1.165, 1.54) is 0 Å². The summed E-state index contributed by atoms with van der Waals surface area (Å²) < 4.78 is 12.3. The van der Waals surface area contributed by atoms with Crippen LogP contribution in [0.5, 0.6) is 17.4 Å². The number of benzene rings is 3. The van der Waals surface area contributed by atoms with Crippen molar-refractivity contribution in [2.75, 3.05) is 6.79 Å². The molecule has 0 saturated heterocycles. The third-order valence-corrected chi connectivity index (χ3v) is 4.95. The quantitative estimate of drug-likeness (QED) is 0.477. The van der Waals surface area contributed by atoms with E-state index in [0.717, 1.165) is 48.6 Å². The SMILES string of the molecule is Oc1[nH]cc2c(-c3ccc(Br)cc3)c3c4c(ccc3cc12)OCO4. The Labute approximate surface area is 145 Å². The molecule has 2 heterocycles. The molecule has 0 amide bonds. The second kappa shape index (κ2) is 4.92. The normalized spacial score (nSPS) is 13.0. The van der Waals surface area contributed by atoms with Gasteiger partial charge in [-0.1, -0.05) is 34.1 Å². The van der Waals surface area contributed by atoms with Gasteiger partial charge in [-0.05, 0) is 35.2 Å². The Bertz CT molecular complexity index is 1100. The predicted molar refractivity (Wildman–Crippen MR) is 96.7 cm³/mol. The summed E-state index contributed by atoms with van der Waals surface area (Å²) in [6, 6.07) is 14.0. The van der Waals surface area contributed by atoms with Crippen molar-refractivity contribution >= 4 is 37.5 Å². The van der Waals surface area contributed by atoms with Gasteiger partial charge in [-0.3, -0.25) is 0 Å². The van der Waals surface area contributed by atoms with E-state index >= 15 is 0 Å². The van der Waals surface area contributed by atoms with Gasteiger partial charge in [0, 0.05) is 32.4 Å². The van der Waals surface area contributed by atoms with Gasteiger partial charge in [-0.15, -0.1) is 0 Å². The van der Waals surface area contributed by atoms with Gasteiger partial charge < -0.3 is 19.6 Å². The molecule has 0 spiro atoms. The lowest BCUT2D eigenvalue weighted by Crippen LogP contribution is -1.93. The number of aromatic nitrogens is 1. The topological polar surface area (TPSA) is 54.5 Å². The molecule has 4 aromatic rings. The van der Waals surface area contributed by atoms with Gasteiger partial charge in [0.15, 0.2) is 17.4 Å². The third-order valence-electron chi connectivity index (χ3n) is 4.42. The number of halogens is 1. The van der Waals surface area contributed by atoms with Gasteiger partial charge in [0.2, 0.25) is 6.79 Å². The van der Waals surface area contributed by atoms with Crippen molar-refractivity contribution in [3.8, 4) is 28.5 Å². The molecule has 0 unspecified atom stereocenters. The minimum absolute atomic E-state index is 0.169. The number of nitrogens with one attached hydrogen (secondary N) is 1. The molecule has 1 aliphatic rings. The maximum Gasteiger partial charge on any atom is 0.231 e.